The molecule has 1 atom stereocenters. The number of rotatable bonds is 9. The van der Waals surface area contributed by atoms with E-state index < -0.39 is 37.0 Å². The van der Waals surface area contributed by atoms with Gasteiger partial charge in [0, 0.05) is 18.2 Å². The maximum atomic E-state index is 13.3. The fourth-order valence-corrected chi connectivity index (χ4v) is 3.52. The smallest absolute Gasteiger partial charge is 0.341 e. The van der Waals surface area contributed by atoms with E-state index in [9.17, 15) is 19.2 Å². The third kappa shape index (κ3) is 5.65. The van der Waals surface area contributed by atoms with Crippen LogP contribution in [0.15, 0.2) is 42.5 Å². The monoisotopic (exact) mass is 452 g/mol. The van der Waals surface area contributed by atoms with Gasteiger partial charge < -0.3 is 24.6 Å². The molecule has 0 saturated carbocycles. The van der Waals surface area contributed by atoms with Gasteiger partial charge in [0.1, 0.15) is 11.5 Å². The molecule has 10 nitrogen and oxygen atoms in total. The number of nitrogens with zero attached hydrogens (tertiary/aromatic N) is 2. The summed E-state index contributed by atoms with van der Waals surface area (Å²) in [6.07, 6.45) is 1.01. The molecular formula is C23H20N2O8. The highest BCUT2D eigenvalue weighted by atomic mass is 16.5. The van der Waals surface area contributed by atoms with Crippen LogP contribution in [0.2, 0.25) is 0 Å². The van der Waals surface area contributed by atoms with Gasteiger partial charge in [-0.05, 0) is 49.2 Å². The van der Waals surface area contributed by atoms with Crippen LogP contribution in [-0.2, 0) is 9.59 Å². The molecule has 2 aromatic carbocycles. The summed E-state index contributed by atoms with van der Waals surface area (Å²) in [6.45, 7) is -0.983. The first-order valence-corrected chi connectivity index (χ1v) is 9.98. The number of carboxylic acids is 2. The van der Waals surface area contributed by atoms with Crippen LogP contribution in [0.3, 0.4) is 0 Å². The number of hydrogen-bond donors (Lipinski definition) is 2. The number of ketones is 1. The lowest BCUT2D eigenvalue weighted by Gasteiger charge is -2.24. The van der Waals surface area contributed by atoms with E-state index in [1.165, 1.54) is 47.4 Å². The van der Waals surface area contributed by atoms with Crippen LogP contribution < -0.4 is 9.47 Å². The molecule has 1 unspecified atom stereocenters. The van der Waals surface area contributed by atoms with Crippen LogP contribution in [-0.4, -0.2) is 64.5 Å². The molecule has 33 heavy (non-hydrogen) atoms. The van der Waals surface area contributed by atoms with E-state index in [4.69, 9.17) is 24.9 Å². The minimum atomic E-state index is -1.26. The lowest BCUT2D eigenvalue weighted by Crippen LogP contribution is -2.40. The predicted molar refractivity (Wildman–Crippen MR) is 112 cm³/mol. The Bertz CT molecular complexity index is 1120. The second kappa shape index (κ2) is 10.3. The maximum Gasteiger partial charge on any atom is 0.341 e. The number of benzene rings is 2. The SMILES string of the molecule is N#Cc1ccc(C(=O)N2CCCC2C(=O)c2ccc(OCC(=O)O)cc2OCC(=O)O)cc1. The topological polar surface area (TPSA) is 154 Å². The van der Waals surface area contributed by atoms with Crippen molar-refractivity contribution < 1.29 is 38.9 Å². The predicted octanol–water partition coefficient (Wildman–Crippen LogP) is 1.97. The quantitative estimate of drug-likeness (QED) is 0.543. The first-order valence-electron chi connectivity index (χ1n) is 9.98. The van der Waals surface area contributed by atoms with Crippen LogP contribution in [0.5, 0.6) is 11.5 Å². The van der Waals surface area contributed by atoms with Crippen molar-refractivity contribution in [2.75, 3.05) is 19.8 Å². The molecule has 1 fully saturated rings. The zero-order valence-electron chi connectivity index (χ0n) is 17.4. The Morgan fingerprint density at radius 3 is 2.30 bits per heavy atom. The first-order chi connectivity index (χ1) is 15.8. The van der Waals surface area contributed by atoms with E-state index in [0.717, 1.165) is 0 Å². The van der Waals surface area contributed by atoms with Crippen molar-refractivity contribution in [1.29, 1.82) is 5.26 Å². The van der Waals surface area contributed by atoms with E-state index in [-0.39, 0.29) is 23.0 Å². The normalized spacial score (nSPS) is 14.9. The van der Waals surface area contributed by atoms with Crippen molar-refractivity contribution in [2.24, 2.45) is 0 Å². The zero-order valence-corrected chi connectivity index (χ0v) is 17.4. The highest BCUT2D eigenvalue weighted by molar-refractivity contribution is 6.06. The molecule has 170 valence electrons. The lowest BCUT2D eigenvalue weighted by molar-refractivity contribution is -0.140. The molecule has 1 aliphatic rings. The van der Waals surface area contributed by atoms with Gasteiger partial charge in [-0.2, -0.15) is 5.26 Å². The van der Waals surface area contributed by atoms with E-state index >= 15 is 0 Å². The third-order valence-electron chi connectivity index (χ3n) is 5.01. The number of carbonyl (C=O) groups excluding carboxylic acids is 2. The van der Waals surface area contributed by atoms with Crippen LogP contribution in [0.4, 0.5) is 0 Å². The molecule has 10 heteroatoms. The fourth-order valence-electron chi connectivity index (χ4n) is 3.52. The van der Waals surface area contributed by atoms with Gasteiger partial charge in [-0.3, -0.25) is 9.59 Å². The number of carboxylic acid groups (broad SMARTS) is 2. The second-order valence-electron chi connectivity index (χ2n) is 7.23. The number of aliphatic carboxylic acids is 2. The number of ether oxygens (including phenoxy) is 2. The van der Waals surface area contributed by atoms with Gasteiger partial charge in [0.2, 0.25) is 0 Å². The molecule has 3 rings (SSSR count). The Hall–Kier alpha value is -4.39. The summed E-state index contributed by atoms with van der Waals surface area (Å²) in [7, 11) is 0. The van der Waals surface area contributed by atoms with Crippen molar-refractivity contribution in [1.82, 2.24) is 4.90 Å². The van der Waals surface area contributed by atoms with E-state index in [1.807, 2.05) is 6.07 Å². The largest absolute Gasteiger partial charge is 0.482 e. The standard InChI is InChI=1S/C23H20N2O8/c24-11-14-3-5-15(6-4-14)23(31)25-9-1-2-18(25)22(30)17-8-7-16(32-12-20(26)27)10-19(17)33-13-21(28)29/h3-8,10,18H,1-2,9,12-13H2,(H,26,27)(H,28,29). The molecule has 0 radical (unpaired) electrons. The van der Waals surface area contributed by atoms with Crippen molar-refractivity contribution in [3.8, 4) is 17.6 Å². The van der Waals surface area contributed by atoms with Gasteiger partial charge in [0.15, 0.2) is 19.0 Å². The van der Waals surface area contributed by atoms with Crippen molar-refractivity contribution in [2.45, 2.75) is 18.9 Å². The summed E-state index contributed by atoms with van der Waals surface area (Å²) in [6, 6.07) is 11.3. The van der Waals surface area contributed by atoms with Crippen LogP contribution in [0.25, 0.3) is 0 Å². The summed E-state index contributed by atoms with van der Waals surface area (Å²) in [5.74, 6) is -3.24. The van der Waals surface area contributed by atoms with Gasteiger partial charge in [0.05, 0.1) is 23.2 Å². The van der Waals surface area contributed by atoms with E-state index in [1.54, 1.807) is 0 Å². The average Bonchev–Trinajstić information content (AvgIpc) is 3.30. The third-order valence-corrected chi connectivity index (χ3v) is 5.01. The average molecular weight is 452 g/mol. The zero-order chi connectivity index (χ0) is 24.0. The highest BCUT2D eigenvalue weighted by Gasteiger charge is 2.36. The number of carbonyl (C=O) groups is 4. The molecule has 1 heterocycles. The van der Waals surface area contributed by atoms with Gasteiger partial charge in [0.25, 0.3) is 5.91 Å². The lowest BCUT2D eigenvalue weighted by atomic mass is 10.00. The Morgan fingerprint density at radius 2 is 1.67 bits per heavy atom. The molecule has 1 saturated heterocycles. The maximum absolute atomic E-state index is 13.3. The number of hydrogen-bond acceptors (Lipinski definition) is 7. The van der Waals surface area contributed by atoms with Crippen molar-refractivity contribution in [3.05, 3.63) is 59.2 Å². The number of amides is 1. The van der Waals surface area contributed by atoms with Crippen LogP contribution >= 0.6 is 0 Å². The molecule has 0 bridgehead atoms. The second-order valence-corrected chi connectivity index (χ2v) is 7.23. The fraction of sp³-hybridized carbons (Fsp3) is 0.261. The molecule has 0 aromatic heterocycles. The highest BCUT2D eigenvalue weighted by Crippen LogP contribution is 2.30. The first kappa shape index (κ1) is 23.3. The number of Topliss-reactive ketones (excluding diaryl/α,β-unsaturated/α-hetero) is 1. The Balaban J connectivity index is 1.86. The Morgan fingerprint density at radius 1 is 1.00 bits per heavy atom. The molecule has 1 aliphatic heterocycles. The van der Waals surface area contributed by atoms with E-state index in [2.05, 4.69) is 0 Å². The minimum absolute atomic E-state index is 0.0588. The van der Waals surface area contributed by atoms with Gasteiger partial charge >= 0.3 is 11.9 Å². The van der Waals surface area contributed by atoms with Gasteiger partial charge in [-0.1, -0.05) is 0 Å². The minimum Gasteiger partial charge on any atom is -0.482 e. The molecule has 0 aliphatic carbocycles. The summed E-state index contributed by atoms with van der Waals surface area (Å²) in [5, 5.41) is 26.6. The van der Waals surface area contributed by atoms with E-state index in [0.29, 0.717) is 30.5 Å². The van der Waals surface area contributed by atoms with Crippen molar-refractivity contribution in [3.63, 3.8) is 0 Å². The van der Waals surface area contributed by atoms with Gasteiger partial charge in [-0.25, -0.2) is 9.59 Å². The summed E-state index contributed by atoms with van der Waals surface area (Å²) in [4.78, 5) is 49.5. The molecule has 2 N–H and O–H groups in total. The Kier molecular flexibility index (Phi) is 7.25. The van der Waals surface area contributed by atoms with Crippen LogP contribution in [0.1, 0.15) is 39.1 Å². The van der Waals surface area contributed by atoms with Crippen molar-refractivity contribution >= 4 is 23.6 Å². The number of nitriles is 1. The molecule has 2 aromatic rings. The van der Waals surface area contributed by atoms with Crippen LogP contribution in [0, 0.1) is 11.3 Å². The molecule has 0 spiro atoms. The van der Waals surface area contributed by atoms with Gasteiger partial charge in [-0.15, -0.1) is 0 Å². The Labute approximate surface area is 188 Å². The molecular weight excluding hydrogens is 432 g/mol. The summed E-state index contributed by atoms with van der Waals surface area (Å²) < 4.78 is 10.3. The molecule has 1 amide bonds. The number of likely N-dealkylation sites (tertiary alicyclic amines) is 1. The summed E-state index contributed by atoms with van der Waals surface area (Å²) in [5.41, 5.74) is 0.808. The summed E-state index contributed by atoms with van der Waals surface area (Å²) >= 11 is 0.